The number of halogens is 1. The molecule has 0 unspecified atom stereocenters. The fraction of sp³-hybridized carbons (Fsp3) is 0.429. The van der Waals surface area contributed by atoms with Crippen molar-refractivity contribution in [2.75, 3.05) is 18.0 Å². The van der Waals surface area contributed by atoms with E-state index in [1.165, 1.54) is 12.8 Å². The molecule has 1 heterocycles. The van der Waals surface area contributed by atoms with E-state index in [0.29, 0.717) is 16.1 Å². The average molecular weight is 260 g/mol. The SMILES string of the molecule is N#Cc1cc(Cl)c(N2CCCCCC2)cc1C#N. The van der Waals surface area contributed by atoms with Gasteiger partial charge in [0.25, 0.3) is 0 Å². The summed E-state index contributed by atoms with van der Waals surface area (Å²) in [4.78, 5) is 2.22. The summed E-state index contributed by atoms with van der Waals surface area (Å²) in [5.74, 6) is 0. The van der Waals surface area contributed by atoms with Gasteiger partial charge in [-0.05, 0) is 25.0 Å². The monoisotopic (exact) mass is 259 g/mol. The Hall–Kier alpha value is -1.71. The quantitative estimate of drug-likeness (QED) is 0.776. The highest BCUT2D eigenvalue weighted by atomic mass is 35.5. The van der Waals surface area contributed by atoms with E-state index in [0.717, 1.165) is 31.6 Å². The topological polar surface area (TPSA) is 50.8 Å². The molecule has 4 heteroatoms. The lowest BCUT2D eigenvalue weighted by Crippen LogP contribution is -2.24. The molecule has 0 aromatic heterocycles. The lowest BCUT2D eigenvalue weighted by Gasteiger charge is -2.24. The van der Waals surface area contributed by atoms with E-state index in [4.69, 9.17) is 22.1 Å². The van der Waals surface area contributed by atoms with Crippen molar-refractivity contribution in [3.05, 3.63) is 28.3 Å². The summed E-state index contributed by atoms with van der Waals surface area (Å²) in [7, 11) is 0. The zero-order valence-corrected chi connectivity index (χ0v) is 10.9. The molecular formula is C14H14ClN3. The molecule has 1 aliphatic rings. The first-order valence-corrected chi connectivity index (χ1v) is 6.52. The van der Waals surface area contributed by atoms with Crippen LogP contribution in [0.5, 0.6) is 0 Å². The predicted octanol–water partition coefficient (Wildman–Crippen LogP) is 3.46. The van der Waals surface area contributed by atoms with Crippen LogP contribution in [-0.2, 0) is 0 Å². The minimum Gasteiger partial charge on any atom is -0.370 e. The first-order valence-electron chi connectivity index (χ1n) is 6.15. The highest BCUT2D eigenvalue weighted by molar-refractivity contribution is 6.33. The van der Waals surface area contributed by atoms with E-state index in [2.05, 4.69) is 11.0 Å². The van der Waals surface area contributed by atoms with E-state index >= 15 is 0 Å². The second-order valence-electron chi connectivity index (χ2n) is 4.47. The molecule has 1 saturated heterocycles. The van der Waals surface area contributed by atoms with Crippen LogP contribution in [0.4, 0.5) is 5.69 Å². The summed E-state index contributed by atoms with van der Waals surface area (Å²) in [5, 5.41) is 18.6. The molecule has 1 aromatic carbocycles. The fourth-order valence-electron chi connectivity index (χ4n) is 2.30. The summed E-state index contributed by atoms with van der Waals surface area (Å²) in [6.07, 6.45) is 4.79. The second kappa shape index (κ2) is 5.76. The zero-order chi connectivity index (χ0) is 13.0. The molecule has 0 atom stereocenters. The molecule has 0 aliphatic carbocycles. The lowest BCUT2D eigenvalue weighted by atomic mass is 10.1. The summed E-state index contributed by atoms with van der Waals surface area (Å²) < 4.78 is 0. The van der Waals surface area contributed by atoms with Gasteiger partial charge in [-0.15, -0.1) is 0 Å². The number of hydrogen-bond acceptors (Lipinski definition) is 3. The van der Waals surface area contributed by atoms with E-state index in [-0.39, 0.29) is 0 Å². The third kappa shape index (κ3) is 2.58. The van der Waals surface area contributed by atoms with Gasteiger partial charge in [-0.1, -0.05) is 24.4 Å². The van der Waals surface area contributed by atoms with Crippen LogP contribution in [0.3, 0.4) is 0 Å². The Bertz CT molecular complexity index is 517. The molecule has 1 aromatic rings. The van der Waals surface area contributed by atoms with E-state index in [1.54, 1.807) is 12.1 Å². The van der Waals surface area contributed by atoms with Crippen LogP contribution in [0, 0.1) is 22.7 Å². The van der Waals surface area contributed by atoms with Crippen LogP contribution in [0.2, 0.25) is 5.02 Å². The number of hydrogen-bond donors (Lipinski definition) is 0. The highest BCUT2D eigenvalue weighted by Gasteiger charge is 2.15. The number of anilines is 1. The molecule has 92 valence electrons. The first-order chi connectivity index (χ1) is 8.76. The van der Waals surface area contributed by atoms with Gasteiger partial charge in [0.05, 0.1) is 21.8 Å². The minimum absolute atomic E-state index is 0.348. The van der Waals surface area contributed by atoms with Crippen LogP contribution >= 0.6 is 11.6 Å². The smallest absolute Gasteiger partial charge is 0.101 e. The Labute approximate surface area is 112 Å². The van der Waals surface area contributed by atoms with Gasteiger partial charge in [0, 0.05) is 13.1 Å². The van der Waals surface area contributed by atoms with Crippen molar-refractivity contribution >= 4 is 17.3 Å². The number of nitrogens with zero attached hydrogens (tertiary/aromatic N) is 3. The van der Waals surface area contributed by atoms with Crippen LogP contribution < -0.4 is 4.90 Å². The minimum atomic E-state index is 0.348. The third-order valence-electron chi connectivity index (χ3n) is 3.27. The largest absolute Gasteiger partial charge is 0.370 e. The van der Waals surface area contributed by atoms with Gasteiger partial charge in [0.1, 0.15) is 12.1 Å². The predicted molar refractivity (Wildman–Crippen MR) is 71.6 cm³/mol. The molecule has 0 saturated carbocycles. The van der Waals surface area contributed by atoms with Gasteiger partial charge in [-0.2, -0.15) is 10.5 Å². The first kappa shape index (κ1) is 12.7. The van der Waals surface area contributed by atoms with Gasteiger partial charge in [-0.25, -0.2) is 0 Å². The van der Waals surface area contributed by atoms with Crippen molar-refractivity contribution in [2.24, 2.45) is 0 Å². The molecule has 18 heavy (non-hydrogen) atoms. The summed E-state index contributed by atoms with van der Waals surface area (Å²) in [6.45, 7) is 1.94. The maximum absolute atomic E-state index is 9.06. The molecule has 0 bridgehead atoms. The Morgan fingerprint density at radius 3 is 2.06 bits per heavy atom. The highest BCUT2D eigenvalue weighted by Crippen LogP contribution is 2.30. The third-order valence-corrected chi connectivity index (χ3v) is 3.58. The normalized spacial score (nSPS) is 15.6. The lowest BCUT2D eigenvalue weighted by molar-refractivity contribution is 0.726. The number of rotatable bonds is 1. The van der Waals surface area contributed by atoms with Crippen molar-refractivity contribution in [1.82, 2.24) is 0 Å². The standard InChI is InChI=1S/C14H14ClN3/c15-13-7-11(9-16)12(10-17)8-14(13)18-5-3-1-2-4-6-18/h7-8H,1-6H2. The van der Waals surface area contributed by atoms with Gasteiger partial charge >= 0.3 is 0 Å². The van der Waals surface area contributed by atoms with Gasteiger partial charge in [-0.3, -0.25) is 0 Å². The average Bonchev–Trinajstić information content (AvgIpc) is 2.67. The van der Waals surface area contributed by atoms with Crippen LogP contribution in [-0.4, -0.2) is 13.1 Å². The molecule has 1 fully saturated rings. The second-order valence-corrected chi connectivity index (χ2v) is 4.88. The van der Waals surface area contributed by atoms with Crippen molar-refractivity contribution in [2.45, 2.75) is 25.7 Å². The van der Waals surface area contributed by atoms with Gasteiger partial charge in [0.2, 0.25) is 0 Å². The van der Waals surface area contributed by atoms with Crippen LogP contribution in [0.25, 0.3) is 0 Å². The molecule has 1 aliphatic heterocycles. The van der Waals surface area contributed by atoms with Crippen molar-refractivity contribution in [3.63, 3.8) is 0 Å². The van der Waals surface area contributed by atoms with Crippen molar-refractivity contribution in [3.8, 4) is 12.1 Å². The summed E-state index contributed by atoms with van der Waals surface area (Å²) >= 11 is 6.22. The van der Waals surface area contributed by atoms with E-state index < -0.39 is 0 Å². The van der Waals surface area contributed by atoms with Crippen molar-refractivity contribution < 1.29 is 0 Å². The molecule has 2 rings (SSSR count). The molecular weight excluding hydrogens is 246 g/mol. The molecule has 0 N–H and O–H groups in total. The Balaban J connectivity index is 2.38. The Kier molecular flexibility index (Phi) is 4.07. The maximum atomic E-state index is 9.06. The van der Waals surface area contributed by atoms with Gasteiger partial charge < -0.3 is 4.90 Å². The maximum Gasteiger partial charge on any atom is 0.101 e. The fourth-order valence-corrected chi connectivity index (χ4v) is 2.58. The molecule has 0 radical (unpaired) electrons. The number of nitriles is 2. The van der Waals surface area contributed by atoms with Crippen molar-refractivity contribution in [1.29, 1.82) is 10.5 Å². The zero-order valence-electron chi connectivity index (χ0n) is 10.1. The number of benzene rings is 1. The summed E-state index contributed by atoms with van der Waals surface area (Å²) in [6, 6.07) is 7.41. The van der Waals surface area contributed by atoms with Crippen LogP contribution in [0.1, 0.15) is 36.8 Å². The van der Waals surface area contributed by atoms with E-state index in [9.17, 15) is 0 Å². The van der Waals surface area contributed by atoms with Crippen LogP contribution in [0.15, 0.2) is 12.1 Å². The molecule has 3 nitrogen and oxygen atoms in total. The Morgan fingerprint density at radius 1 is 0.944 bits per heavy atom. The van der Waals surface area contributed by atoms with E-state index in [1.807, 2.05) is 6.07 Å². The molecule has 0 spiro atoms. The molecule has 0 amide bonds. The summed E-state index contributed by atoms with van der Waals surface area (Å²) in [5.41, 5.74) is 1.64. The van der Waals surface area contributed by atoms with Gasteiger partial charge in [0.15, 0.2) is 0 Å². The Morgan fingerprint density at radius 2 is 1.50 bits per heavy atom.